The van der Waals surface area contributed by atoms with Crippen LogP contribution in [0.3, 0.4) is 0 Å². The van der Waals surface area contributed by atoms with Crippen molar-refractivity contribution >= 4 is 0 Å². The Labute approximate surface area is 125 Å². The fourth-order valence-corrected chi connectivity index (χ4v) is 2.25. The Morgan fingerprint density at radius 1 is 1.33 bits per heavy atom. The molecule has 1 fully saturated rings. The summed E-state index contributed by atoms with van der Waals surface area (Å²) < 4.78 is 7.69. The highest BCUT2D eigenvalue weighted by Crippen LogP contribution is 2.19. The number of hydrogen-bond acceptors (Lipinski definition) is 4. The van der Waals surface area contributed by atoms with Crippen molar-refractivity contribution in [3.05, 3.63) is 41.7 Å². The lowest BCUT2D eigenvalue weighted by molar-refractivity contribution is 0.287. The Balaban J connectivity index is 1.46. The highest BCUT2D eigenvalue weighted by molar-refractivity contribution is 5.33. The van der Waals surface area contributed by atoms with Gasteiger partial charge in [-0.1, -0.05) is 30.3 Å². The van der Waals surface area contributed by atoms with Crippen LogP contribution in [0, 0.1) is 0 Å². The predicted molar refractivity (Wildman–Crippen MR) is 81.2 cm³/mol. The molecule has 0 spiro atoms. The number of nitrogens with zero attached hydrogens (tertiary/aromatic N) is 3. The fourth-order valence-electron chi connectivity index (χ4n) is 2.25. The predicted octanol–water partition coefficient (Wildman–Crippen LogP) is 2.17. The summed E-state index contributed by atoms with van der Waals surface area (Å²) >= 11 is 0. The molecule has 5 nitrogen and oxygen atoms in total. The molecule has 0 unspecified atom stereocenters. The fraction of sp³-hybridized carbons (Fsp3) is 0.500. The molecular formula is C16H22N4O. The number of nitrogens with one attached hydrogen (secondary N) is 1. The second kappa shape index (κ2) is 6.72. The van der Waals surface area contributed by atoms with Gasteiger partial charge in [-0.2, -0.15) is 0 Å². The molecule has 1 aromatic carbocycles. The van der Waals surface area contributed by atoms with Crippen LogP contribution in [-0.4, -0.2) is 27.6 Å². The van der Waals surface area contributed by atoms with Gasteiger partial charge in [-0.05, 0) is 30.9 Å². The second-order valence-corrected chi connectivity index (χ2v) is 5.44. The van der Waals surface area contributed by atoms with E-state index in [1.807, 2.05) is 29.1 Å². The van der Waals surface area contributed by atoms with Crippen molar-refractivity contribution in [2.45, 2.75) is 45.3 Å². The third-order valence-corrected chi connectivity index (χ3v) is 3.67. The number of para-hydroxylation sites is 1. The summed E-state index contributed by atoms with van der Waals surface area (Å²) in [7, 11) is 0. The molecule has 1 N–H and O–H groups in total. The van der Waals surface area contributed by atoms with Gasteiger partial charge in [-0.15, -0.1) is 5.10 Å². The molecule has 5 heteroatoms. The quantitative estimate of drug-likeness (QED) is 0.808. The molecule has 1 aromatic heterocycles. The summed E-state index contributed by atoms with van der Waals surface area (Å²) in [6.07, 6.45) is 5.55. The summed E-state index contributed by atoms with van der Waals surface area (Å²) in [5.41, 5.74) is 2.24. The Kier molecular flexibility index (Phi) is 4.50. The molecule has 21 heavy (non-hydrogen) atoms. The van der Waals surface area contributed by atoms with Crippen molar-refractivity contribution in [3.63, 3.8) is 0 Å². The molecule has 0 radical (unpaired) electrons. The molecule has 3 rings (SSSR count). The lowest BCUT2D eigenvalue weighted by Gasteiger charge is -2.09. The van der Waals surface area contributed by atoms with Crippen molar-refractivity contribution in [2.24, 2.45) is 0 Å². The Morgan fingerprint density at radius 2 is 2.19 bits per heavy atom. The highest BCUT2D eigenvalue weighted by atomic mass is 16.5. The van der Waals surface area contributed by atoms with Gasteiger partial charge in [0.05, 0.1) is 12.2 Å². The van der Waals surface area contributed by atoms with E-state index in [1.54, 1.807) is 0 Å². The number of ether oxygens (including phenoxy) is 1. The van der Waals surface area contributed by atoms with Crippen LogP contribution in [0.25, 0.3) is 0 Å². The molecule has 0 saturated heterocycles. The van der Waals surface area contributed by atoms with Crippen molar-refractivity contribution < 1.29 is 4.74 Å². The Morgan fingerprint density at radius 3 is 3.00 bits per heavy atom. The summed E-state index contributed by atoms with van der Waals surface area (Å²) in [6, 6.07) is 8.87. The third kappa shape index (κ3) is 4.04. The number of rotatable bonds is 8. The minimum absolute atomic E-state index is 0.607. The smallest absolute Gasteiger partial charge is 0.122 e. The highest BCUT2D eigenvalue weighted by Gasteiger charge is 2.20. The lowest BCUT2D eigenvalue weighted by Crippen LogP contribution is -2.15. The Bertz CT molecular complexity index is 577. The summed E-state index contributed by atoms with van der Waals surface area (Å²) in [6.45, 7) is 4.27. The van der Waals surface area contributed by atoms with Crippen LogP contribution in [0.2, 0.25) is 0 Å². The average Bonchev–Trinajstić information content (AvgIpc) is 3.24. The molecule has 0 aliphatic heterocycles. The number of benzene rings is 1. The molecule has 112 valence electrons. The van der Waals surface area contributed by atoms with Gasteiger partial charge in [0, 0.05) is 18.8 Å². The second-order valence-electron chi connectivity index (χ2n) is 5.44. The molecule has 2 aromatic rings. The maximum absolute atomic E-state index is 5.85. The third-order valence-electron chi connectivity index (χ3n) is 3.67. The van der Waals surface area contributed by atoms with Crippen LogP contribution < -0.4 is 10.1 Å². The number of hydrogen-bond donors (Lipinski definition) is 1. The SMILES string of the molecule is CCc1ccccc1OCCn1cc(CNC2CC2)nn1. The van der Waals surface area contributed by atoms with E-state index in [9.17, 15) is 0 Å². The molecule has 1 saturated carbocycles. The van der Waals surface area contributed by atoms with Gasteiger partial charge < -0.3 is 10.1 Å². The largest absolute Gasteiger partial charge is 0.491 e. The monoisotopic (exact) mass is 286 g/mol. The molecule has 1 heterocycles. The zero-order valence-corrected chi connectivity index (χ0v) is 12.5. The summed E-state index contributed by atoms with van der Waals surface area (Å²) in [5, 5.41) is 11.7. The van der Waals surface area contributed by atoms with Crippen LogP contribution in [0.1, 0.15) is 31.0 Å². The standard InChI is InChI=1S/C16H22N4O/c1-2-13-5-3-4-6-16(13)21-10-9-20-12-15(18-19-20)11-17-14-7-8-14/h3-6,12,14,17H,2,7-11H2,1H3. The minimum atomic E-state index is 0.607. The van der Waals surface area contributed by atoms with Gasteiger partial charge in [0.1, 0.15) is 12.4 Å². The lowest BCUT2D eigenvalue weighted by atomic mass is 10.1. The van der Waals surface area contributed by atoms with E-state index in [1.165, 1.54) is 18.4 Å². The van der Waals surface area contributed by atoms with E-state index < -0.39 is 0 Å². The van der Waals surface area contributed by atoms with E-state index in [0.29, 0.717) is 19.2 Å². The number of aryl methyl sites for hydroxylation is 1. The summed E-state index contributed by atoms with van der Waals surface area (Å²) in [5.74, 6) is 0.968. The molecule has 0 bridgehead atoms. The van der Waals surface area contributed by atoms with Crippen molar-refractivity contribution in [1.29, 1.82) is 0 Å². The minimum Gasteiger partial charge on any atom is -0.491 e. The normalized spacial score (nSPS) is 14.3. The van der Waals surface area contributed by atoms with Crippen molar-refractivity contribution in [2.75, 3.05) is 6.61 Å². The molecule has 1 aliphatic carbocycles. The first-order chi connectivity index (χ1) is 10.3. The molecular weight excluding hydrogens is 264 g/mol. The first kappa shape index (κ1) is 14.1. The maximum Gasteiger partial charge on any atom is 0.122 e. The van der Waals surface area contributed by atoms with Gasteiger partial charge in [-0.25, -0.2) is 4.68 Å². The molecule has 0 atom stereocenters. The average molecular weight is 286 g/mol. The Hall–Kier alpha value is -1.88. The topological polar surface area (TPSA) is 52.0 Å². The zero-order chi connectivity index (χ0) is 14.5. The van der Waals surface area contributed by atoms with Crippen LogP contribution in [-0.2, 0) is 19.5 Å². The number of aromatic nitrogens is 3. The van der Waals surface area contributed by atoms with Crippen LogP contribution >= 0.6 is 0 Å². The van der Waals surface area contributed by atoms with Gasteiger partial charge >= 0.3 is 0 Å². The van der Waals surface area contributed by atoms with E-state index in [-0.39, 0.29) is 0 Å². The van der Waals surface area contributed by atoms with Gasteiger partial charge in [0.25, 0.3) is 0 Å². The molecule has 0 amide bonds. The molecule has 1 aliphatic rings. The van der Waals surface area contributed by atoms with E-state index >= 15 is 0 Å². The van der Waals surface area contributed by atoms with E-state index in [0.717, 1.165) is 24.4 Å². The van der Waals surface area contributed by atoms with Crippen LogP contribution in [0.5, 0.6) is 5.75 Å². The van der Waals surface area contributed by atoms with Gasteiger partial charge in [0.2, 0.25) is 0 Å². The van der Waals surface area contributed by atoms with E-state index in [4.69, 9.17) is 4.74 Å². The van der Waals surface area contributed by atoms with E-state index in [2.05, 4.69) is 28.6 Å². The van der Waals surface area contributed by atoms with Gasteiger partial charge in [-0.3, -0.25) is 0 Å². The van der Waals surface area contributed by atoms with Crippen LogP contribution in [0.4, 0.5) is 0 Å². The van der Waals surface area contributed by atoms with Crippen LogP contribution in [0.15, 0.2) is 30.5 Å². The first-order valence-electron chi connectivity index (χ1n) is 7.68. The van der Waals surface area contributed by atoms with Crippen molar-refractivity contribution in [3.8, 4) is 5.75 Å². The summed E-state index contributed by atoms with van der Waals surface area (Å²) in [4.78, 5) is 0. The van der Waals surface area contributed by atoms with Gasteiger partial charge in [0.15, 0.2) is 0 Å². The van der Waals surface area contributed by atoms with Crippen molar-refractivity contribution in [1.82, 2.24) is 20.3 Å². The first-order valence-corrected chi connectivity index (χ1v) is 7.68. The zero-order valence-electron chi connectivity index (χ0n) is 12.5. The maximum atomic E-state index is 5.85.